The van der Waals surface area contributed by atoms with E-state index < -0.39 is 0 Å². The van der Waals surface area contributed by atoms with Gasteiger partial charge in [0.2, 0.25) is 0 Å². The molecule has 1 saturated heterocycles. The molecule has 2 heterocycles. The highest BCUT2D eigenvalue weighted by molar-refractivity contribution is 5.44. The highest BCUT2D eigenvalue weighted by Crippen LogP contribution is 2.24. The summed E-state index contributed by atoms with van der Waals surface area (Å²) in [6.45, 7) is 6.41. The molecule has 1 fully saturated rings. The number of aromatic nitrogens is 2. The third kappa shape index (κ3) is 1.76. The summed E-state index contributed by atoms with van der Waals surface area (Å²) in [6, 6.07) is 6.56. The molecule has 88 valence electrons. The molecule has 3 heteroatoms. The first-order chi connectivity index (χ1) is 8.25. The number of hydrogen-bond acceptors (Lipinski definition) is 2. The molecule has 1 aliphatic heterocycles. The second kappa shape index (κ2) is 4.00. The molecular weight excluding hydrogens is 210 g/mol. The van der Waals surface area contributed by atoms with E-state index in [2.05, 4.69) is 46.9 Å². The molecule has 0 saturated carbocycles. The Morgan fingerprint density at radius 1 is 1.29 bits per heavy atom. The minimum atomic E-state index is 0.609. The monoisotopic (exact) mass is 227 g/mol. The molecule has 0 aliphatic carbocycles. The lowest BCUT2D eigenvalue weighted by Crippen LogP contribution is -2.40. The molecular formula is C14H17N3. The predicted octanol–water partition coefficient (Wildman–Crippen LogP) is 2.18. The third-order valence-electron chi connectivity index (χ3n) is 3.49. The Morgan fingerprint density at radius 2 is 2.12 bits per heavy atom. The molecule has 1 aromatic carbocycles. The van der Waals surface area contributed by atoms with Gasteiger partial charge in [0.1, 0.15) is 0 Å². The molecule has 0 radical (unpaired) electrons. The summed E-state index contributed by atoms with van der Waals surface area (Å²) >= 11 is 0. The zero-order valence-electron chi connectivity index (χ0n) is 10.3. The normalized spacial score (nSPS) is 15.9. The first-order valence-corrected chi connectivity index (χ1v) is 6.06. The van der Waals surface area contributed by atoms with Crippen LogP contribution in [0.15, 0.2) is 30.7 Å². The molecule has 0 unspecified atom stereocenters. The molecule has 3 rings (SSSR count). The number of nitrogens with zero attached hydrogens (tertiary/aromatic N) is 2. The summed E-state index contributed by atoms with van der Waals surface area (Å²) in [5.41, 5.74) is 5.15. The van der Waals surface area contributed by atoms with Crippen LogP contribution in [0, 0.1) is 13.8 Å². The summed E-state index contributed by atoms with van der Waals surface area (Å²) in [5.74, 6) is 0.609. The molecule has 0 spiro atoms. The fourth-order valence-electron chi connectivity index (χ4n) is 2.29. The molecule has 1 N–H and O–H groups in total. The second-order valence-corrected chi connectivity index (χ2v) is 4.83. The first kappa shape index (κ1) is 10.5. The smallest absolute Gasteiger partial charge is 0.0994 e. The van der Waals surface area contributed by atoms with Crippen LogP contribution in [0.25, 0.3) is 5.69 Å². The summed E-state index contributed by atoms with van der Waals surface area (Å²) in [7, 11) is 0. The van der Waals surface area contributed by atoms with Crippen LogP contribution in [0.4, 0.5) is 0 Å². The van der Waals surface area contributed by atoms with E-state index in [1.54, 1.807) is 0 Å². The lowest BCUT2D eigenvalue weighted by molar-refractivity contribution is 0.435. The van der Waals surface area contributed by atoms with Crippen LogP contribution in [-0.2, 0) is 0 Å². The Hall–Kier alpha value is -1.61. The largest absolute Gasteiger partial charge is 0.315 e. The number of rotatable bonds is 2. The van der Waals surface area contributed by atoms with Crippen molar-refractivity contribution in [2.75, 3.05) is 13.1 Å². The summed E-state index contributed by atoms with van der Waals surface area (Å²) < 4.78 is 2.23. The van der Waals surface area contributed by atoms with Crippen molar-refractivity contribution in [3.8, 4) is 5.69 Å². The molecule has 2 aromatic rings. The van der Waals surface area contributed by atoms with Crippen LogP contribution >= 0.6 is 0 Å². The maximum Gasteiger partial charge on any atom is 0.0994 e. The van der Waals surface area contributed by atoms with Gasteiger partial charge >= 0.3 is 0 Å². The van der Waals surface area contributed by atoms with Crippen molar-refractivity contribution in [3.63, 3.8) is 0 Å². The molecule has 0 atom stereocenters. The van der Waals surface area contributed by atoms with Crippen molar-refractivity contribution in [2.24, 2.45) is 0 Å². The molecule has 3 nitrogen and oxygen atoms in total. The van der Waals surface area contributed by atoms with Crippen LogP contribution in [0.5, 0.6) is 0 Å². The summed E-state index contributed by atoms with van der Waals surface area (Å²) in [4.78, 5) is 4.31. The third-order valence-corrected chi connectivity index (χ3v) is 3.49. The van der Waals surface area contributed by atoms with Crippen LogP contribution in [-0.4, -0.2) is 22.6 Å². The zero-order valence-corrected chi connectivity index (χ0v) is 10.3. The molecule has 1 aliphatic rings. The van der Waals surface area contributed by atoms with Gasteiger partial charge in [0, 0.05) is 36.6 Å². The highest BCUT2D eigenvalue weighted by atomic mass is 15.1. The summed E-state index contributed by atoms with van der Waals surface area (Å²) in [6.07, 6.45) is 3.92. The number of nitrogens with one attached hydrogen (secondary N) is 1. The Morgan fingerprint density at radius 3 is 2.82 bits per heavy atom. The van der Waals surface area contributed by atoms with Gasteiger partial charge in [-0.3, -0.25) is 0 Å². The van der Waals surface area contributed by atoms with Crippen LogP contribution < -0.4 is 5.32 Å². The average molecular weight is 227 g/mol. The Labute approximate surface area is 101 Å². The minimum Gasteiger partial charge on any atom is -0.315 e. The van der Waals surface area contributed by atoms with Crippen molar-refractivity contribution >= 4 is 0 Å². The van der Waals surface area contributed by atoms with E-state index in [0.29, 0.717) is 5.92 Å². The van der Waals surface area contributed by atoms with Gasteiger partial charge in [-0.15, -0.1) is 0 Å². The van der Waals surface area contributed by atoms with E-state index in [9.17, 15) is 0 Å². The van der Waals surface area contributed by atoms with Crippen molar-refractivity contribution in [2.45, 2.75) is 19.8 Å². The quantitative estimate of drug-likeness (QED) is 0.852. The standard InChI is InChI=1S/C14H17N3/c1-10-3-4-11(2)13(5-10)17-9-16-8-14(17)12-6-15-7-12/h3-5,8-9,12,15H,6-7H2,1-2H3. The maximum atomic E-state index is 4.31. The van der Waals surface area contributed by atoms with Gasteiger partial charge in [-0.25, -0.2) is 4.98 Å². The lowest BCUT2D eigenvalue weighted by Gasteiger charge is -2.28. The topological polar surface area (TPSA) is 29.9 Å². The maximum absolute atomic E-state index is 4.31. The fraction of sp³-hybridized carbons (Fsp3) is 0.357. The van der Waals surface area contributed by atoms with E-state index in [4.69, 9.17) is 0 Å². The Bertz CT molecular complexity index is 538. The minimum absolute atomic E-state index is 0.609. The van der Waals surface area contributed by atoms with E-state index in [-0.39, 0.29) is 0 Å². The van der Waals surface area contributed by atoms with Gasteiger partial charge in [-0.2, -0.15) is 0 Å². The number of hydrogen-bond donors (Lipinski definition) is 1. The van der Waals surface area contributed by atoms with Gasteiger partial charge in [-0.1, -0.05) is 12.1 Å². The first-order valence-electron chi connectivity index (χ1n) is 6.06. The van der Waals surface area contributed by atoms with Crippen molar-refractivity contribution < 1.29 is 0 Å². The van der Waals surface area contributed by atoms with Crippen molar-refractivity contribution in [3.05, 3.63) is 47.5 Å². The van der Waals surface area contributed by atoms with Crippen molar-refractivity contribution in [1.82, 2.24) is 14.9 Å². The SMILES string of the molecule is Cc1ccc(C)c(-n2cncc2C2CNC2)c1. The van der Waals surface area contributed by atoms with E-state index in [0.717, 1.165) is 13.1 Å². The number of aryl methyl sites for hydroxylation is 2. The van der Waals surface area contributed by atoms with Gasteiger partial charge in [0.25, 0.3) is 0 Å². The highest BCUT2D eigenvalue weighted by Gasteiger charge is 2.23. The molecule has 0 bridgehead atoms. The van der Waals surface area contributed by atoms with Gasteiger partial charge in [0.15, 0.2) is 0 Å². The van der Waals surface area contributed by atoms with Crippen LogP contribution in [0.1, 0.15) is 22.7 Å². The molecule has 17 heavy (non-hydrogen) atoms. The Kier molecular flexibility index (Phi) is 2.48. The predicted molar refractivity (Wildman–Crippen MR) is 68.6 cm³/mol. The zero-order chi connectivity index (χ0) is 11.8. The van der Waals surface area contributed by atoms with E-state index >= 15 is 0 Å². The number of imidazole rings is 1. The van der Waals surface area contributed by atoms with Gasteiger partial charge in [-0.05, 0) is 31.0 Å². The van der Waals surface area contributed by atoms with Gasteiger partial charge < -0.3 is 9.88 Å². The average Bonchev–Trinajstić information content (AvgIpc) is 2.68. The second-order valence-electron chi connectivity index (χ2n) is 4.83. The van der Waals surface area contributed by atoms with E-state index in [1.807, 2.05) is 12.5 Å². The van der Waals surface area contributed by atoms with Crippen LogP contribution in [0.3, 0.4) is 0 Å². The Balaban J connectivity index is 2.08. The van der Waals surface area contributed by atoms with Crippen molar-refractivity contribution in [1.29, 1.82) is 0 Å². The van der Waals surface area contributed by atoms with Gasteiger partial charge in [0.05, 0.1) is 6.33 Å². The molecule has 0 amide bonds. The fourth-order valence-corrected chi connectivity index (χ4v) is 2.29. The van der Waals surface area contributed by atoms with Crippen LogP contribution in [0.2, 0.25) is 0 Å². The van der Waals surface area contributed by atoms with E-state index in [1.165, 1.54) is 22.5 Å². The summed E-state index contributed by atoms with van der Waals surface area (Å²) in [5, 5.41) is 3.31. The lowest BCUT2D eigenvalue weighted by atomic mass is 9.99. The molecule has 1 aromatic heterocycles. The number of benzene rings is 1.